The van der Waals surface area contributed by atoms with Crippen LogP contribution in [0, 0.1) is 0 Å². The number of para-hydroxylation sites is 3. The molecule has 0 aliphatic heterocycles. The van der Waals surface area contributed by atoms with Gasteiger partial charge in [0.25, 0.3) is 0 Å². The van der Waals surface area contributed by atoms with E-state index in [9.17, 15) is 0 Å². The Bertz CT molecular complexity index is 3900. The first kappa shape index (κ1) is 36.0. The fourth-order valence-electron chi connectivity index (χ4n) is 9.75. The van der Waals surface area contributed by atoms with Gasteiger partial charge in [0.05, 0.1) is 22.1 Å². The smallest absolute Gasteiger partial charge is 0.164 e. The molecule has 0 N–H and O–H groups in total. The molecule has 0 bridgehead atoms. The maximum Gasteiger partial charge on any atom is 0.164 e. The van der Waals surface area contributed by atoms with Crippen LogP contribution in [0.15, 0.2) is 224 Å². The molecule has 64 heavy (non-hydrogen) atoms. The summed E-state index contributed by atoms with van der Waals surface area (Å²) in [5, 5.41) is 9.65. The summed E-state index contributed by atoms with van der Waals surface area (Å²) in [6.45, 7) is 0. The zero-order valence-corrected chi connectivity index (χ0v) is 34.6. The van der Waals surface area contributed by atoms with Crippen molar-refractivity contribution in [1.82, 2.24) is 24.1 Å². The van der Waals surface area contributed by atoms with Crippen LogP contribution >= 0.6 is 0 Å². The van der Waals surface area contributed by atoms with Gasteiger partial charge >= 0.3 is 0 Å². The van der Waals surface area contributed by atoms with Crippen LogP contribution in [0.5, 0.6) is 0 Å². The van der Waals surface area contributed by atoms with Crippen molar-refractivity contribution in [3.8, 4) is 56.7 Å². The van der Waals surface area contributed by atoms with Crippen LogP contribution in [-0.4, -0.2) is 24.1 Å². The van der Waals surface area contributed by atoms with Crippen LogP contribution in [0.25, 0.3) is 122 Å². The van der Waals surface area contributed by atoms with Gasteiger partial charge in [-0.25, -0.2) is 15.0 Å². The Morgan fingerprint density at radius 2 is 0.719 bits per heavy atom. The van der Waals surface area contributed by atoms with Gasteiger partial charge in [-0.2, -0.15) is 0 Å². The van der Waals surface area contributed by atoms with Crippen LogP contribution in [-0.2, 0) is 0 Å². The van der Waals surface area contributed by atoms with E-state index in [2.05, 4.69) is 215 Å². The maximum atomic E-state index is 5.31. The minimum Gasteiger partial charge on any atom is -0.309 e. The number of aromatic nitrogens is 5. The van der Waals surface area contributed by atoms with Crippen molar-refractivity contribution in [1.29, 1.82) is 0 Å². The summed E-state index contributed by atoms with van der Waals surface area (Å²) < 4.78 is 4.79. The quantitative estimate of drug-likeness (QED) is 0.157. The van der Waals surface area contributed by atoms with Crippen LogP contribution < -0.4 is 0 Å². The normalized spacial score (nSPS) is 11.8. The zero-order valence-electron chi connectivity index (χ0n) is 34.6. The number of hydrogen-bond acceptors (Lipinski definition) is 3. The topological polar surface area (TPSA) is 48.5 Å². The van der Waals surface area contributed by atoms with Crippen LogP contribution in [0.3, 0.4) is 0 Å². The predicted octanol–water partition coefficient (Wildman–Crippen LogP) is 15.0. The summed E-state index contributed by atoms with van der Waals surface area (Å²) in [5.74, 6) is 1.86. The summed E-state index contributed by atoms with van der Waals surface area (Å²) in [5.41, 5.74) is 11.7. The van der Waals surface area contributed by atoms with Crippen molar-refractivity contribution in [2.75, 3.05) is 0 Å². The highest BCUT2D eigenvalue weighted by molar-refractivity contribution is 6.12. The molecule has 5 nitrogen and oxygen atoms in total. The molecule has 0 aliphatic carbocycles. The van der Waals surface area contributed by atoms with Crippen LogP contribution in [0.2, 0.25) is 0 Å². The fraction of sp³-hybridized carbons (Fsp3) is 0. The first-order valence-electron chi connectivity index (χ1n) is 21.7. The second kappa shape index (κ2) is 14.5. The lowest BCUT2D eigenvalue weighted by molar-refractivity contribution is 1.07. The summed E-state index contributed by atoms with van der Waals surface area (Å²) in [7, 11) is 0. The Labute approximate surface area is 368 Å². The van der Waals surface area contributed by atoms with Gasteiger partial charge < -0.3 is 9.13 Å². The molecule has 10 aromatic carbocycles. The van der Waals surface area contributed by atoms with Crippen LogP contribution in [0.1, 0.15) is 0 Å². The first-order chi connectivity index (χ1) is 31.7. The van der Waals surface area contributed by atoms with Gasteiger partial charge in [-0.1, -0.05) is 164 Å². The molecule has 3 heterocycles. The average Bonchev–Trinajstić information content (AvgIpc) is 3.89. The number of rotatable bonds is 6. The standard InChI is InChI=1S/C59H37N5/c1-3-15-38(16-4-1)43-34-44(59-61-57(40-18-5-2-6-19-40)60-58(62-59)42-29-31-48-41(33-42)28-27-39-17-7-8-20-47(39)48)36-46(35-43)64-55-26-14-11-23-51(55)52-37-45(30-32-56(52)64)63-53-24-12-9-21-49(53)50-22-10-13-25-54(50)63/h1-37H. The highest BCUT2D eigenvalue weighted by Gasteiger charge is 2.20. The third kappa shape index (κ3) is 5.83. The number of hydrogen-bond donors (Lipinski definition) is 0. The minimum atomic E-state index is 0.607. The van der Waals surface area contributed by atoms with Gasteiger partial charge in [-0.15, -0.1) is 0 Å². The van der Waals surface area contributed by atoms with Gasteiger partial charge in [0.15, 0.2) is 17.5 Å². The van der Waals surface area contributed by atoms with Crippen molar-refractivity contribution >= 4 is 65.2 Å². The van der Waals surface area contributed by atoms with Gasteiger partial charge in [-0.05, 0) is 93.3 Å². The molecule has 0 unspecified atom stereocenters. The lowest BCUT2D eigenvalue weighted by Crippen LogP contribution is -2.02. The number of benzene rings is 10. The molecular formula is C59H37N5. The number of fused-ring (bicyclic) bond motifs is 9. The van der Waals surface area contributed by atoms with Gasteiger partial charge in [0.1, 0.15) is 0 Å². The first-order valence-corrected chi connectivity index (χ1v) is 21.7. The Morgan fingerprint density at radius 3 is 1.41 bits per heavy atom. The van der Waals surface area contributed by atoms with Gasteiger partial charge in [0, 0.05) is 49.6 Å². The van der Waals surface area contributed by atoms with Crippen molar-refractivity contribution in [2.24, 2.45) is 0 Å². The van der Waals surface area contributed by atoms with Crippen molar-refractivity contribution < 1.29 is 0 Å². The molecule has 0 saturated heterocycles. The predicted molar refractivity (Wildman–Crippen MR) is 265 cm³/mol. The van der Waals surface area contributed by atoms with E-state index in [1.54, 1.807) is 0 Å². The van der Waals surface area contributed by atoms with E-state index in [4.69, 9.17) is 15.0 Å². The minimum absolute atomic E-state index is 0.607. The molecule has 0 spiro atoms. The molecule has 0 aliphatic rings. The highest BCUT2D eigenvalue weighted by Crippen LogP contribution is 2.39. The molecule has 0 radical (unpaired) electrons. The lowest BCUT2D eigenvalue weighted by atomic mass is 10.00. The molecule has 5 heteroatoms. The van der Waals surface area contributed by atoms with Gasteiger partial charge in [0.2, 0.25) is 0 Å². The Morgan fingerprint density at radius 1 is 0.234 bits per heavy atom. The summed E-state index contributed by atoms with van der Waals surface area (Å²) >= 11 is 0. The molecule has 0 saturated carbocycles. The largest absolute Gasteiger partial charge is 0.309 e. The van der Waals surface area contributed by atoms with E-state index in [1.807, 2.05) is 18.2 Å². The second-order valence-corrected chi connectivity index (χ2v) is 16.5. The highest BCUT2D eigenvalue weighted by atomic mass is 15.0. The monoisotopic (exact) mass is 815 g/mol. The van der Waals surface area contributed by atoms with E-state index in [0.717, 1.165) is 55.6 Å². The maximum absolute atomic E-state index is 5.31. The molecule has 0 fully saturated rings. The van der Waals surface area contributed by atoms with Crippen molar-refractivity contribution in [2.45, 2.75) is 0 Å². The third-order valence-corrected chi connectivity index (χ3v) is 12.7. The van der Waals surface area contributed by atoms with Crippen molar-refractivity contribution in [3.63, 3.8) is 0 Å². The summed E-state index contributed by atoms with van der Waals surface area (Å²) in [4.78, 5) is 15.7. The summed E-state index contributed by atoms with van der Waals surface area (Å²) in [6, 6.07) is 80.0. The summed E-state index contributed by atoms with van der Waals surface area (Å²) in [6.07, 6.45) is 0. The molecule has 298 valence electrons. The lowest BCUT2D eigenvalue weighted by Gasteiger charge is -2.15. The molecule has 13 aromatic rings. The van der Waals surface area contributed by atoms with E-state index in [-0.39, 0.29) is 0 Å². The third-order valence-electron chi connectivity index (χ3n) is 12.7. The molecule has 3 aromatic heterocycles. The van der Waals surface area contributed by atoms with Crippen LogP contribution in [0.4, 0.5) is 0 Å². The zero-order chi connectivity index (χ0) is 42.1. The van der Waals surface area contributed by atoms with E-state index in [1.165, 1.54) is 48.7 Å². The Balaban J connectivity index is 1.03. The SMILES string of the molecule is c1ccc(-c2cc(-c3nc(-c4ccccc4)nc(-c4ccc5c(ccc6ccccc65)c4)n3)cc(-n3c4ccccc4c4cc(-n5c6ccccc6c6ccccc65)ccc43)c2)cc1. The Kier molecular flexibility index (Phi) is 8.15. The van der Waals surface area contributed by atoms with E-state index in [0.29, 0.717) is 17.5 Å². The molecular weight excluding hydrogens is 779 g/mol. The number of nitrogens with zero attached hydrogens (tertiary/aromatic N) is 5. The van der Waals surface area contributed by atoms with E-state index >= 15 is 0 Å². The van der Waals surface area contributed by atoms with Gasteiger partial charge in [-0.3, -0.25) is 0 Å². The Hall–Kier alpha value is -8.67. The molecule has 0 atom stereocenters. The van der Waals surface area contributed by atoms with Crippen molar-refractivity contribution in [3.05, 3.63) is 224 Å². The fourth-order valence-corrected chi connectivity index (χ4v) is 9.75. The van der Waals surface area contributed by atoms with E-state index < -0.39 is 0 Å². The molecule has 0 amide bonds. The molecule has 13 rings (SSSR count). The second-order valence-electron chi connectivity index (χ2n) is 16.5. The average molecular weight is 816 g/mol.